The molecule has 0 spiro atoms. The van der Waals surface area contributed by atoms with Gasteiger partial charge in [-0.1, -0.05) is 30.8 Å². The zero-order valence-corrected chi connectivity index (χ0v) is 16.0. The maximum absolute atomic E-state index is 12.5. The number of rotatable bonds is 5. The number of thiophene rings is 1. The quantitative estimate of drug-likeness (QED) is 0.712. The van der Waals surface area contributed by atoms with Gasteiger partial charge in [-0.2, -0.15) is 0 Å². The minimum Gasteiger partial charge on any atom is -0.325 e. The summed E-state index contributed by atoms with van der Waals surface area (Å²) in [6.07, 6.45) is 2.88. The largest absolute Gasteiger partial charge is 0.325 e. The predicted octanol–water partition coefficient (Wildman–Crippen LogP) is 4.08. The van der Waals surface area contributed by atoms with Crippen molar-refractivity contribution in [3.8, 4) is 11.3 Å². The van der Waals surface area contributed by atoms with Gasteiger partial charge in [-0.05, 0) is 30.7 Å². The van der Waals surface area contributed by atoms with Crippen LogP contribution in [-0.4, -0.2) is 23.7 Å². The van der Waals surface area contributed by atoms with E-state index in [0.717, 1.165) is 40.0 Å². The van der Waals surface area contributed by atoms with Crippen LogP contribution >= 0.6 is 23.1 Å². The molecule has 1 aliphatic heterocycles. The average molecular weight is 392 g/mol. The molecule has 25 heavy (non-hydrogen) atoms. The number of sulfonamides is 1. The minimum atomic E-state index is -3.53. The van der Waals surface area contributed by atoms with Crippen LogP contribution in [0, 0.1) is 0 Å². The van der Waals surface area contributed by atoms with Crippen molar-refractivity contribution in [2.45, 2.75) is 29.3 Å². The lowest BCUT2D eigenvalue weighted by molar-refractivity contribution is 0.603. The summed E-state index contributed by atoms with van der Waals surface area (Å²) in [5, 5.41) is 1.05. The molecule has 5 nitrogen and oxygen atoms in total. The molecule has 4 rings (SSSR count). The molecule has 0 radical (unpaired) electrons. The van der Waals surface area contributed by atoms with Crippen molar-refractivity contribution in [2.24, 2.45) is 0 Å². The molecule has 0 saturated heterocycles. The van der Waals surface area contributed by atoms with Crippen molar-refractivity contribution >= 4 is 38.8 Å². The molecule has 1 N–H and O–H groups in total. The Kier molecular flexibility index (Phi) is 4.35. The summed E-state index contributed by atoms with van der Waals surface area (Å²) in [5.74, 6) is 1.08. The van der Waals surface area contributed by atoms with Crippen LogP contribution in [0.4, 0.5) is 5.69 Å². The van der Waals surface area contributed by atoms with Crippen LogP contribution in [0.15, 0.2) is 52.0 Å². The van der Waals surface area contributed by atoms with Crippen molar-refractivity contribution in [1.82, 2.24) is 9.55 Å². The number of thioether (sulfide) groups is 1. The SMILES string of the molecule is CCc1ccc(S(=O)(=O)Nc2ccc(-c3cn4c(n3)SCC4)cc2)s1. The van der Waals surface area contributed by atoms with E-state index in [4.69, 9.17) is 0 Å². The Balaban J connectivity index is 1.53. The summed E-state index contributed by atoms with van der Waals surface area (Å²) >= 11 is 3.06. The number of fused-ring (bicyclic) bond motifs is 1. The number of hydrogen-bond donors (Lipinski definition) is 1. The third-order valence-corrected chi connectivity index (χ3v) is 8.06. The number of hydrogen-bond acceptors (Lipinski definition) is 5. The standard InChI is InChI=1S/C17H17N3O2S3/c1-2-14-7-8-16(24-14)25(21,22)19-13-5-3-12(4-6-13)15-11-20-9-10-23-17(20)18-15/h3-8,11,19H,2,9-10H2,1H3. The minimum absolute atomic E-state index is 0.343. The summed E-state index contributed by atoms with van der Waals surface area (Å²) in [7, 11) is -3.53. The third kappa shape index (κ3) is 3.33. The fourth-order valence-electron chi connectivity index (χ4n) is 2.66. The second kappa shape index (κ2) is 6.51. The Morgan fingerprint density at radius 2 is 2.00 bits per heavy atom. The fourth-order valence-corrected chi connectivity index (χ4v) is 5.95. The van der Waals surface area contributed by atoms with Gasteiger partial charge in [0.1, 0.15) is 4.21 Å². The highest BCUT2D eigenvalue weighted by atomic mass is 32.2. The van der Waals surface area contributed by atoms with E-state index in [1.165, 1.54) is 11.3 Å². The van der Waals surface area contributed by atoms with E-state index in [1.54, 1.807) is 30.0 Å². The van der Waals surface area contributed by atoms with Crippen molar-refractivity contribution in [1.29, 1.82) is 0 Å². The van der Waals surface area contributed by atoms with Crippen LogP contribution in [0.5, 0.6) is 0 Å². The highest BCUT2D eigenvalue weighted by Gasteiger charge is 2.18. The zero-order valence-electron chi connectivity index (χ0n) is 13.6. The number of benzene rings is 1. The second-order valence-electron chi connectivity index (χ2n) is 5.71. The highest BCUT2D eigenvalue weighted by molar-refractivity contribution is 7.99. The van der Waals surface area contributed by atoms with Crippen LogP contribution in [0.25, 0.3) is 11.3 Å². The van der Waals surface area contributed by atoms with Crippen LogP contribution in [0.2, 0.25) is 0 Å². The highest BCUT2D eigenvalue weighted by Crippen LogP contribution is 2.30. The molecule has 0 fully saturated rings. The lowest BCUT2D eigenvalue weighted by Crippen LogP contribution is -2.11. The predicted molar refractivity (Wildman–Crippen MR) is 103 cm³/mol. The molecule has 0 amide bonds. The van der Waals surface area contributed by atoms with Gasteiger partial charge in [0.2, 0.25) is 0 Å². The van der Waals surface area contributed by atoms with Crippen molar-refractivity contribution < 1.29 is 8.42 Å². The van der Waals surface area contributed by atoms with E-state index in [0.29, 0.717) is 9.90 Å². The molecule has 8 heteroatoms. The molecular weight excluding hydrogens is 374 g/mol. The van der Waals surface area contributed by atoms with Crippen LogP contribution in [-0.2, 0) is 23.0 Å². The number of aryl methyl sites for hydroxylation is 2. The van der Waals surface area contributed by atoms with E-state index < -0.39 is 10.0 Å². The lowest BCUT2D eigenvalue weighted by atomic mass is 10.1. The first-order chi connectivity index (χ1) is 12.0. The van der Waals surface area contributed by atoms with Gasteiger partial charge in [0.25, 0.3) is 10.0 Å². The molecule has 0 unspecified atom stereocenters. The Hall–Kier alpha value is -1.77. The first-order valence-corrected chi connectivity index (χ1v) is 11.3. The normalized spacial score (nSPS) is 13.8. The van der Waals surface area contributed by atoms with Crippen molar-refractivity contribution in [3.63, 3.8) is 0 Å². The second-order valence-corrected chi connectivity index (χ2v) is 9.85. The third-order valence-electron chi connectivity index (χ3n) is 3.99. The average Bonchev–Trinajstić information content (AvgIpc) is 3.30. The summed E-state index contributed by atoms with van der Waals surface area (Å²) in [4.78, 5) is 5.67. The molecule has 3 heterocycles. The van der Waals surface area contributed by atoms with E-state index in [-0.39, 0.29) is 0 Å². The van der Waals surface area contributed by atoms with Crippen LogP contribution in [0.3, 0.4) is 0 Å². The molecule has 1 aromatic carbocycles. The first kappa shape index (κ1) is 16.7. The molecule has 130 valence electrons. The fraction of sp³-hybridized carbons (Fsp3) is 0.235. The van der Waals surface area contributed by atoms with Gasteiger partial charge < -0.3 is 4.57 Å². The Morgan fingerprint density at radius 3 is 2.68 bits per heavy atom. The van der Waals surface area contributed by atoms with Gasteiger partial charge in [0, 0.05) is 34.6 Å². The molecule has 1 aliphatic rings. The number of anilines is 1. The monoisotopic (exact) mass is 391 g/mol. The Bertz CT molecular complexity index is 983. The lowest BCUT2D eigenvalue weighted by Gasteiger charge is -2.07. The number of imidazole rings is 1. The van der Waals surface area contributed by atoms with Gasteiger partial charge in [0.15, 0.2) is 5.16 Å². The van der Waals surface area contributed by atoms with E-state index in [1.807, 2.05) is 31.3 Å². The van der Waals surface area contributed by atoms with E-state index in [9.17, 15) is 8.42 Å². The summed E-state index contributed by atoms with van der Waals surface area (Å²) in [6, 6.07) is 10.9. The van der Waals surface area contributed by atoms with Crippen molar-refractivity contribution in [3.05, 3.63) is 47.5 Å². The van der Waals surface area contributed by atoms with Crippen molar-refractivity contribution in [2.75, 3.05) is 10.5 Å². The van der Waals surface area contributed by atoms with E-state index in [2.05, 4.69) is 14.3 Å². The molecule has 0 aliphatic carbocycles. The Morgan fingerprint density at radius 1 is 1.20 bits per heavy atom. The summed E-state index contributed by atoms with van der Waals surface area (Å²) < 4.78 is 30.1. The first-order valence-electron chi connectivity index (χ1n) is 7.97. The van der Waals surface area contributed by atoms with Gasteiger partial charge in [-0.15, -0.1) is 11.3 Å². The molecule has 0 bridgehead atoms. The topological polar surface area (TPSA) is 64.0 Å². The summed E-state index contributed by atoms with van der Waals surface area (Å²) in [6.45, 7) is 3.00. The van der Waals surface area contributed by atoms with Gasteiger partial charge in [-0.3, -0.25) is 4.72 Å². The van der Waals surface area contributed by atoms with Crippen LogP contribution < -0.4 is 4.72 Å². The maximum Gasteiger partial charge on any atom is 0.271 e. The van der Waals surface area contributed by atoms with Gasteiger partial charge >= 0.3 is 0 Å². The summed E-state index contributed by atoms with van der Waals surface area (Å²) in [5.41, 5.74) is 2.45. The smallest absolute Gasteiger partial charge is 0.271 e. The Labute approximate surface area is 155 Å². The molecule has 0 atom stereocenters. The molecule has 0 saturated carbocycles. The molecule has 2 aromatic heterocycles. The molecular formula is C17H17N3O2S3. The van der Waals surface area contributed by atoms with E-state index >= 15 is 0 Å². The maximum atomic E-state index is 12.5. The van der Waals surface area contributed by atoms with Crippen LogP contribution in [0.1, 0.15) is 11.8 Å². The van der Waals surface area contributed by atoms with Gasteiger partial charge in [-0.25, -0.2) is 13.4 Å². The number of nitrogens with one attached hydrogen (secondary N) is 1. The zero-order chi connectivity index (χ0) is 17.4. The number of nitrogens with zero attached hydrogens (tertiary/aromatic N) is 2. The van der Waals surface area contributed by atoms with Gasteiger partial charge in [0.05, 0.1) is 5.69 Å². The number of aromatic nitrogens is 2. The molecule has 3 aromatic rings.